The van der Waals surface area contributed by atoms with Crippen molar-refractivity contribution >= 4 is 17.8 Å². The minimum Gasteiger partial charge on any atom is -0.481 e. The molecule has 22 heavy (non-hydrogen) atoms. The van der Waals surface area contributed by atoms with Crippen LogP contribution in [0.4, 0.5) is 0 Å². The molecule has 1 aliphatic heterocycles. The molecule has 3 rings (SSSR count). The molecule has 0 atom stereocenters. The van der Waals surface area contributed by atoms with Crippen LogP contribution in [0.15, 0.2) is 0 Å². The maximum atomic E-state index is 12.1. The predicted octanol–water partition coefficient (Wildman–Crippen LogP) is 1.15. The fourth-order valence-corrected chi connectivity index (χ4v) is 3.49. The largest absolute Gasteiger partial charge is 0.481 e. The van der Waals surface area contributed by atoms with Crippen molar-refractivity contribution in [1.29, 1.82) is 0 Å². The highest BCUT2D eigenvalue weighted by Crippen LogP contribution is 2.44. The SMILES string of the molecule is O=C(CC1(C(=O)O)CCC1)NC1CCN(C(=O)C2CC2)CC1. The van der Waals surface area contributed by atoms with Crippen LogP contribution in [0, 0.1) is 11.3 Å². The molecule has 3 fully saturated rings. The number of amides is 2. The Kier molecular flexibility index (Phi) is 4.10. The molecule has 0 aromatic carbocycles. The van der Waals surface area contributed by atoms with Crippen molar-refractivity contribution in [2.75, 3.05) is 13.1 Å². The zero-order valence-corrected chi connectivity index (χ0v) is 12.8. The van der Waals surface area contributed by atoms with Gasteiger partial charge in [-0.1, -0.05) is 6.42 Å². The van der Waals surface area contributed by atoms with E-state index in [1.54, 1.807) is 0 Å². The zero-order chi connectivity index (χ0) is 15.7. The standard InChI is InChI=1S/C16H24N2O4/c19-13(10-16(15(21)22)6-1-7-16)17-12-4-8-18(9-5-12)14(20)11-2-3-11/h11-12H,1-10H2,(H,17,19)(H,21,22). The Hall–Kier alpha value is -1.59. The number of carboxylic acids is 1. The smallest absolute Gasteiger partial charge is 0.310 e. The second-order valence-corrected chi connectivity index (χ2v) is 7.06. The molecule has 0 spiro atoms. The van der Waals surface area contributed by atoms with Crippen LogP contribution >= 0.6 is 0 Å². The van der Waals surface area contributed by atoms with Gasteiger partial charge in [-0.05, 0) is 38.5 Å². The van der Waals surface area contributed by atoms with Crippen molar-refractivity contribution in [3.8, 4) is 0 Å². The summed E-state index contributed by atoms with van der Waals surface area (Å²) in [6.07, 6.45) is 5.76. The number of nitrogens with zero attached hydrogens (tertiary/aromatic N) is 1. The quantitative estimate of drug-likeness (QED) is 0.797. The summed E-state index contributed by atoms with van der Waals surface area (Å²) in [5.41, 5.74) is -0.827. The Bertz CT molecular complexity index is 475. The van der Waals surface area contributed by atoms with Gasteiger partial charge in [0, 0.05) is 31.5 Å². The first-order valence-electron chi connectivity index (χ1n) is 8.32. The summed E-state index contributed by atoms with van der Waals surface area (Å²) in [5, 5.41) is 12.2. The lowest BCUT2D eigenvalue weighted by Crippen LogP contribution is -2.49. The molecule has 0 aromatic heterocycles. The highest BCUT2D eigenvalue weighted by Gasteiger charge is 2.46. The van der Waals surface area contributed by atoms with Crippen LogP contribution in [0.5, 0.6) is 0 Å². The van der Waals surface area contributed by atoms with Gasteiger partial charge in [0.1, 0.15) is 0 Å². The number of carbonyl (C=O) groups excluding carboxylic acids is 2. The van der Waals surface area contributed by atoms with E-state index in [0.29, 0.717) is 25.9 Å². The average molecular weight is 308 g/mol. The van der Waals surface area contributed by atoms with Crippen LogP contribution in [0.3, 0.4) is 0 Å². The number of rotatable bonds is 5. The second kappa shape index (κ2) is 5.89. The Morgan fingerprint density at radius 3 is 2.18 bits per heavy atom. The fourth-order valence-electron chi connectivity index (χ4n) is 3.49. The fraction of sp³-hybridized carbons (Fsp3) is 0.812. The van der Waals surface area contributed by atoms with Gasteiger partial charge in [-0.25, -0.2) is 0 Å². The van der Waals surface area contributed by atoms with Gasteiger partial charge in [0.15, 0.2) is 0 Å². The summed E-state index contributed by atoms with van der Waals surface area (Å²) < 4.78 is 0. The van der Waals surface area contributed by atoms with Gasteiger partial charge in [-0.15, -0.1) is 0 Å². The molecule has 2 saturated carbocycles. The van der Waals surface area contributed by atoms with E-state index in [0.717, 1.165) is 32.1 Å². The molecule has 1 saturated heterocycles. The van der Waals surface area contributed by atoms with Gasteiger partial charge in [-0.3, -0.25) is 14.4 Å². The van der Waals surface area contributed by atoms with Crippen molar-refractivity contribution in [3.63, 3.8) is 0 Å². The number of piperidine rings is 1. The van der Waals surface area contributed by atoms with E-state index < -0.39 is 11.4 Å². The molecule has 2 N–H and O–H groups in total. The van der Waals surface area contributed by atoms with Crippen molar-refractivity contribution in [2.24, 2.45) is 11.3 Å². The molecule has 6 heteroatoms. The normalized spacial score (nSPS) is 24.5. The van der Waals surface area contributed by atoms with Crippen LogP contribution in [0.1, 0.15) is 51.4 Å². The highest BCUT2D eigenvalue weighted by molar-refractivity contribution is 5.86. The van der Waals surface area contributed by atoms with Gasteiger partial charge in [0.25, 0.3) is 0 Å². The summed E-state index contributed by atoms with van der Waals surface area (Å²) in [6, 6.07) is 0.0710. The van der Waals surface area contributed by atoms with Crippen LogP contribution in [0.2, 0.25) is 0 Å². The monoisotopic (exact) mass is 308 g/mol. The Morgan fingerprint density at radius 2 is 1.73 bits per heavy atom. The lowest BCUT2D eigenvalue weighted by Gasteiger charge is -2.38. The third kappa shape index (κ3) is 3.10. The summed E-state index contributed by atoms with van der Waals surface area (Å²) in [7, 11) is 0. The molecule has 0 aromatic rings. The van der Waals surface area contributed by atoms with Crippen molar-refractivity contribution in [2.45, 2.75) is 57.4 Å². The molecule has 0 bridgehead atoms. The van der Waals surface area contributed by atoms with Gasteiger partial charge in [0.2, 0.25) is 11.8 Å². The van der Waals surface area contributed by atoms with E-state index >= 15 is 0 Å². The van der Waals surface area contributed by atoms with Crippen LogP contribution in [-0.2, 0) is 14.4 Å². The molecular formula is C16H24N2O4. The number of nitrogens with one attached hydrogen (secondary N) is 1. The maximum absolute atomic E-state index is 12.1. The van der Waals surface area contributed by atoms with Crippen molar-refractivity contribution < 1.29 is 19.5 Å². The van der Waals surface area contributed by atoms with Gasteiger partial charge in [-0.2, -0.15) is 0 Å². The molecule has 3 aliphatic rings. The first-order valence-corrected chi connectivity index (χ1v) is 8.32. The highest BCUT2D eigenvalue weighted by atomic mass is 16.4. The summed E-state index contributed by atoms with van der Waals surface area (Å²) in [5.74, 6) is -0.489. The van der Waals surface area contributed by atoms with Gasteiger partial charge in [0.05, 0.1) is 5.41 Å². The summed E-state index contributed by atoms with van der Waals surface area (Å²) in [4.78, 5) is 37.3. The van der Waals surface area contributed by atoms with E-state index in [9.17, 15) is 19.5 Å². The van der Waals surface area contributed by atoms with Gasteiger partial charge < -0.3 is 15.3 Å². The number of hydrogen-bond acceptors (Lipinski definition) is 3. The third-order valence-corrected chi connectivity index (χ3v) is 5.36. The third-order valence-electron chi connectivity index (χ3n) is 5.36. The van der Waals surface area contributed by atoms with Crippen LogP contribution in [0.25, 0.3) is 0 Å². The summed E-state index contributed by atoms with van der Waals surface area (Å²) in [6.45, 7) is 1.40. The zero-order valence-electron chi connectivity index (χ0n) is 12.8. The lowest BCUT2D eigenvalue weighted by molar-refractivity contribution is -0.157. The van der Waals surface area contributed by atoms with Crippen LogP contribution < -0.4 is 5.32 Å². The van der Waals surface area contributed by atoms with Crippen molar-refractivity contribution in [1.82, 2.24) is 10.2 Å². The molecule has 0 radical (unpaired) electrons. The Balaban J connectivity index is 1.43. The average Bonchev–Trinajstić information content (AvgIpc) is 3.27. The lowest BCUT2D eigenvalue weighted by atomic mass is 9.66. The number of carbonyl (C=O) groups is 3. The van der Waals surface area contributed by atoms with E-state index in [2.05, 4.69) is 5.32 Å². The Labute approximate surface area is 130 Å². The summed E-state index contributed by atoms with van der Waals surface area (Å²) >= 11 is 0. The minimum absolute atomic E-state index is 0.0710. The molecular weight excluding hydrogens is 284 g/mol. The molecule has 0 unspecified atom stereocenters. The molecule has 2 amide bonds. The second-order valence-electron chi connectivity index (χ2n) is 7.06. The topological polar surface area (TPSA) is 86.7 Å². The van der Waals surface area contributed by atoms with E-state index in [4.69, 9.17) is 0 Å². The molecule has 1 heterocycles. The molecule has 2 aliphatic carbocycles. The number of aliphatic carboxylic acids is 1. The van der Waals surface area contributed by atoms with Crippen molar-refractivity contribution in [3.05, 3.63) is 0 Å². The first kappa shape index (κ1) is 15.3. The van der Waals surface area contributed by atoms with E-state index in [-0.39, 0.29) is 30.2 Å². The maximum Gasteiger partial charge on any atom is 0.310 e. The molecule has 122 valence electrons. The number of carboxylic acid groups (broad SMARTS) is 1. The minimum atomic E-state index is -0.848. The molecule has 6 nitrogen and oxygen atoms in total. The first-order chi connectivity index (χ1) is 10.5. The predicted molar refractivity (Wildman–Crippen MR) is 79.0 cm³/mol. The van der Waals surface area contributed by atoms with E-state index in [1.165, 1.54) is 0 Å². The number of likely N-dealkylation sites (tertiary alicyclic amines) is 1. The Morgan fingerprint density at radius 1 is 1.09 bits per heavy atom. The van der Waals surface area contributed by atoms with E-state index in [1.807, 2.05) is 4.90 Å². The number of hydrogen-bond donors (Lipinski definition) is 2. The van der Waals surface area contributed by atoms with Gasteiger partial charge >= 0.3 is 5.97 Å². The van der Waals surface area contributed by atoms with Crippen LogP contribution in [-0.4, -0.2) is 46.9 Å².